The van der Waals surface area contributed by atoms with Crippen molar-refractivity contribution in [2.24, 2.45) is 0 Å². The van der Waals surface area contributed by atoms with Crippen LogP contribution in [-0.2, 0) is 11.2 Å². The molecular formula is C23H30FN3O3S. The molecule has 0 aliphatic carbocycles. The van der Waals surface area contributed by atoms with Crippen LogP contribution in [0, 0.1) is 5.82 Å². The van der Waals surface area contributed by atoms with E-state index in [-0.39, 0.29) is 43.0 Å². The quantitative estimate of drug-likeness (QED) is 0.659. The maximum atomic E-state index is 13.3. The van der Waals surface area contributed by atoms with Crippen molar-refractivity contribution in [3.63, 3.8) is 0 Å². The Balaban J connectivity index is 1.77. The first-order valence-electron chi connectivity index (χ1n) is 10.7. The molecule has 0 saturated carbocycles. The van der Waals surface area contributed by atoms with Crippen molar-refractivity contribution < 1.29 is 18.7 Å². The van der Waals surface area contributed by atoms with E-state index in [4.69, 9.17) is 4.74 Å². The van der Waals surface area contributed by atoms with E-state index in [0.29, 0.717) is 18.8 Å². The molecule has 2 heterocycles. The van der Waals surface area contributed by atoms with Crippen molar-refractivity contribution in [2.45, 2.75) is 45.7 Å². The van der Waals surface area contributed by atoms with Gasteiger partial charge in [0.05, 0.1) is 6.04 Å². The fraction of sp³-hybridized carbons (Fsp3) is 0.478. The summed E-state index contributed by atoms with van der Waals surface area (Å²) in [4.78, 5) is 30.5. The van der Waals surface area contributed by atoms with Gasteiger partial charge in [0.15, 0.2) is 0 Å². The van der Waals surface area contributed by atoms with E-state index in [0.717, 1.165) is 18.4 Å². The van der Waals surface area contributed by atoms with Crippen LogP contribution in [0.3, 0.4) is 0 Å². The Labute approximate surface area is 187 Å². The van der Waals surface area contributed by atoms with Gasteiger partial charge in [-0.05, 0) is 68.0 Å². The minimum absolute atomic E-state index is 0.0212. The molecule has 8 heteroatoms. The standard InChI is InChI=1S/C23H30FN3O3S/c1-4-16(3)27(23(29)25-5-2)14-22(28)26-12-10-21-19(11-13-31-21)20(26)15-30-18-8-6-17(24)7-9-18/h6-9,11,13,16,20H,4-5,10,12,14-15H2,1-3H3,(H,25,29)/t16-,20-/m0/s1. The average Bonchev–Trinajstić information content (AvgIpc) is 3.25. The first-order chi connectivity index (χ1) is 14.9. The molecule has 3 rings (SSSR count). The number of amides is 3. The summed E-state index contributed by atoms with van der Waals surface area (Å²) >= 11 is 1.68. The fourth-order valence-corrected chi connectivity index (χ4v) is 4.65. The largest absolute Gasteiger partial charge is 0.491 e. The number of ether oxygens (including phenoxy) is 1. The third-order valence-electron chi connectivity index (χ3n) is 5.65. The number of fused-ring (bicyclic) bond motifs is 1. The number of hydrogen-bond acceptors (Lipinski definition) is 4. The number of carbonyl (C=O) groups is 2. The molecule has 2 aromatic rings. The van der Waals surface area contributed by atoms with Crippen LogP contribution in [0.4, 0.5) is 9.18 Å². The lowest BCUT2D eigenvalue weighted by atomic mass is 10.00. The summed E-state index contributed by atoms with van der Waals surface area (Å²) in [6.45, 7) is 7.19. The number of thiophene rings is 1. The highest BCUT2D eigenvalue weighted by Crippen LogP contribution is 2.34. The van der Waals surface area contributed by atoms with Crippen molar-refractivity contribution in [3.05, 3.63) is 52.0 Å². The van der Waals surface area contributed by atoms with Crippen molar-refractivity contribution >= 4 is 23.3 Å². The normalized spacial score (nSPS) is 16.4. The highest BCUT2D eigenvalue weighted by Gasteiger charge is 2.34. The molecular weight excluding hydrogens is 417 g/mol. The van der Waals surface area contributed by atoms with Crippen LogP contribution in [0.15, 0.2) is 35.7 Å². The van der Waals surface area contributed by atoms with Crippen molar-refractivity contribution in [1.82, 2.24) is 15.1 Å². The van der Waals surface area contributed by atoms with Crippen LogP contribution in [0.1, 0.15) is 43.7 Å². The highest BCUT2D eigenvalue weighted by atomic mass is 32.1. The summed E-state index contributed by atoms with van der Waals surface area (Å²) in [5.74, 6) is 0.133. The number of carbonyl (C=O) groups excluding carboxylic acids is 2. The third kappa shape index (κ3) is 5.55. The third-order valence-corrected chi connectivity index (χ3v) is 6.65. The van der Waals surface area contributed by atoms with Crippen LogP contribution < -0.4 is 10.1 Å². The summed E-state index contributed by atoms with van der Waals surface area (Å²) in [7, 11) is 0. The van der Waals surface area contributed by atoms with Crippen LogP contribution >= 0.6 is 11.3 Å². The Bertz CT molecular complexity index is 886. The Kier molecular flexibility index (Phi) is 7.90. The van der Waals surface area contributed by atoms with Gasteiger partial charge in [-0.25, -0.2) is 9.18 Å². The van der Waals surface area contributed by atoms with Gasteiger partial charge in [0.2, 0.25) is 5.91 Å². The summed E-state index contributed by atoms with van der Waals surface area (Å²) in [5, 5.41) is 4.84. The van der Waals surface area contributed by atoms with E-state index in [1.165, 1.54) is 17.0 Å². The molecule has 2 atom stereocenters. The summed E-state index contributed by atoms with van der Waals surface area (Å²) in [5.41, 5.74) is 1.08. The molecule has 31 heavy (non-hydrogen) atoms. The Morgan fingerprint density at radius 2 is 2.03 bits per heavy atom. The molecule has 3 amide bonds. The minimum atomic E-state index is -0.322. The van der Waals surface area contributed by atoms with Crippen LogP contribution in [0.5, 0.6) is 5.75 Å². The number of halogens is 1. The van der Waals surface area contributed by atoms with Gasteiger partial charge in [0.1, 0.15) is 24.7 Å². The van der Waals surface area contributed by atoms with E-state index in [2.05, 4.69) is 5.32 Å². The molecule has 0 saturated heterocycles. The second kappa shape index (κ2) is 10.6. The number of urea groups is 1. The minimum Gasteiger partial charge on any atom is -0.491 e. The highest BCUT2D eigenvalue weighted by molar-refractivity contribution is 7.10. The maximum Gasteiger partial charge on any atom is 0.318 e. The number of nitrogens with zero attached hydrogens (tertiary/aromatic N) is 2. The lowest BCUT2D eigenvalue weighted by Crippen LogP contribution is -2.52. The summed E-state index contributed by atoms with van der Waals surface area (Å²) in [6, 6.07) is 7.38. The summed E-state index contributed by atoms with van der Waals surface area (Å²) < 4.78 is 19.1. The second-order valence-electron chi connectivity index (χ2n) is 7.64. The average molecular weight is 448 g/mol. The fourth-order valence-electron chi connectivity index (χ4n) is 3.72. The lowest BCUT2D eigenvalue weighted by molar-refractivity contribution is -0.135. The Morgan fingerprint density at radius 3 is 2.71 bits per heavy atom. The van der Waals surface area contributed by atoms with Crippen LogP contribution in [0.2, 0.25) is 0 Å². The van der Waals surface area contributed by atoms with Gasteiger partial charge in [-0.1, -0.05) is 6.92 Å². The first kappa shape index (κ1) is 23.1. The molecule has 168 valence electrons. The Hall–Kier alpha value is -2.61. The number of benzene rings is 1. The van der Waals surface area contributed by atoms with E-state index in [9.17, 15) is 14.0 Å². The predicted octanol–water partition coefficient (Wildman–Crippen LogP) is 4.22. The van der Waals surface area contributed by atoms with Gasteiger partial charge in [0.25, 0.3) is 0 Å². The molecule has 0 unspecified atom stereocenters. The maximum absolute atomic E-state index is 13.3. The SMILES string of the molecule is CCNC(=O)N(CC(=O)N1CCc2sccc2[C@@H]1COc1ccc(F)cc1)[C@@H](C)CC. The predicted molar refractivity (Wildman–Crippen MR) is 120 cm³/mol. The van der Waals surface area contributed by atoms with Crippen LogP contribution in [0.25, 0.3) is 0 Å². The molecule has 6 nitrogen and oxygen atoms in total. The number of hydrogen-bond donors (Lipinski definition) is 1. The van der Waals surface area contributed by atoms with Crippen LogP contribution in [-0.4, -0.2) is 54.0 Å². The van der Waals surface area contributed by atoms with Gasteiger partial charge in [-0.15, -0.1) is 11.3 Å². The molecule has 1 aromatic heterocycles. The van der Waals surface area contributed by atoms with E-state index < -0.39 is 0 Å². The van der Waals surface area contributed by atoms with Gasteiger partial charge in [-0.3, -0.25) is 4.79 Å². The van der Waals surface area contributed by atoms with E-state index >= 15 is 0 Å². The first-order valence-corrected chi connectivity index (χ1v) is 11.6. The smallest absolute Gasteiger partial charge is 0.318 e. The zero-order valence-corrected chi connectivity index (χ0v) is 19.1. The van der Waals surface area contributed by atoms with Gasteiger partial charge < -0.3 is 19.9 Å². The number of nitrogens with one attached hydrogen (secondary N) is 1. The topological polar surface area (TPSA) is 61.9 Å². The van der Waals surface area contributed by atoms with E-state index in [1.54, 1.807) is 28.4 Å². The van der Waals surface area contributed by atoms with Crippen molar-refractivity contribution in [1.29, 1.82) is 0 Å². The monoisotopic (exact) mass is 447 g/mol. The van der Waals surface area contributed by atoms with E-state index in [1.807, 2.05) is 37.1 Å². The summed E-state index contributed by atoms with van der Waals surface area (Å²) in [6.07, 6.45) is 1.55. The zero-order chi connectivity index (χ0) is 22.4. The van der Waals surface area contributed by atoms with Gasteiger partial charge in [0, 0.05) is 24.0 Å². The van der Waals surface area contributed by atoms with Gasteiger partial charge >= 0.3 is 6.03 Å². The molecule has 0 spiro atoms. The molecule has 1 aromatic carbocycles. The molecule has 0 bridgehead atoms. The molecule has 1 aliphatic rings. The molecule has 0 radical (unpaired) electrons. The molecule has 1 aliphatic heterocycles. The zero-order valence-electron chi connectivity index (χ0n) is 18.3. The second-order valence-corrected chi connectivity index (χ2v) is 8.64. The van der Waals surface area contributed by atoms with Gasteiger partial charge in [-0.2, -0.15) is 0 Å². The van der Waals surface area contributed by atoms with Crippen molar-refractivity contribution in [2.75, 3.05) is 26.2 Å². The number of rotatable bonds is 8. The molecule has 1 N–H and O–H groups in total. The Morgan fingerprint density at radius 1 is 1.29 bits per heavy atom. The van der Waals surface area contributed by atoms with Crippen molar-refractivity contribution in [3.8, 4) is 5.75 Å². The molecule has 0 fully saturated rings. The lowest BCUT2D eigenvalue weighted by Gasteiger charge is -2.38.